The Balaban J connectivity index is 1.82. The van der Waals surface area contributed by atoms with Crippen molar-refractivity contribution in [3.63, 3.8) is 0 Å². The third-order valence-electron chi connectivity index (χ3n) is 2.77. The molecule has 0 saturated carbocycles. The van der Waals surface area contributed by atoms with Crippen molar-refractivity contribution in [2.24, 2.45) is 0 Å². The Hall–Kier alpha value is -2.08. The molecule has 19 heavy (non-hydrogen) atoms. The van der Waals surface area contributed by atoms with E-state index in [9.17, 15) is 0 Å². The molecule has 100 valence electrons. The first-order valence-electron chi connectivity index (χ1n) is 6.04. The second-order valence-electron chi connectivity index (χ2n) is 4.16. The molecule has 0 spiro atoms. The van der Waals surface area contributed by atoms with E-state index < -0.39 is 0 Å². The van der Waals surface area contributed by atoms with Crippen molar-refractivity contribution in [2.75, 3.05) is 20.3 Å². The Labute approximate surface area is 110 Å². The van der Waals surface area contributed by atoms with Gasteiger partial charge in [0.15, 0.2) is 17.3 Å². The van der Waals surface area contributed by atoms with Gasteiger partial charge in [0.2, 0.25) is 5.89 Å². The van der Waals surface area contributed by atoms with Crippen LogP contribution in [0.3, 0.4) is 0 Å². The molecule has 0 unspecified atom stereocenters. The van der Waals surface area contributed by atoms with Crippen LogP contribution in [0.5, 0.6) is 11.5 Å². The van der Waals surface area contributed by atoms with E-state index in [-0.39, 0.29) is 0 Å². The molecule has 6 nitrogen and oxygen atoms in total. The molecule has 0 saturated heterocycles. The van der Waals surface area contributed by atoms with Crippen molar-refractivity contribution >= 4 is 0 Å². The lowest BCUT2D eigenvalue weighted by molar-refractivity contribution is 0.170. The van der Waals surface area contributed by atoms with Gasteiger partial charge in [-0.1, -0.05) is 17.3 Å². The summed E-state index contributed by atoms with van der Waals surface area (Å²) in [7, 11) is 1.59. The standard InChI is InChI=1S/C13H14N2O4/c1-16-8-11-14-12(19-15-11)7-9-3-2-4-10-13(9)18-6-5-17-10/h2-4H,5-8H2,1H3. The van der Waals surface area contributed by atoms with Gasteiger partial charge in [-0.2, -0.15) is 4.98 Å². The van der Waals surface area contributed by atoms with Gasteiger partial charge in [-0.05, 0) is 6.07 Å². The Bertz CT molecular complexity index is 568. The number of ether oxygens (including phenoxy) is 3. The maximum Gasteiger partial charge on any atom is 0.231 e. The zero-order valence-corrected chi connectivity index (χ0v) is 10.6. The number of rotatable bonds is 4. The van der Waals surface area contributed by atoms with Gasteiger partial charge in [-0.3, -0.25) is 0 Å². The summed E-state index contributed by atoms with van der Waals surface area (Å²) < 4.78 is 21.3. The van der Waals surface area contributed by atoms with E-state index >= 15 is 0 Å². The van der Waals surface area contributed by atoms with Crippen LogP contribution in [0.15, 0.2) is 22.7 Å². The van der Waals surface area contributed by atoms with Crippen LogP contribution in [0.2, 0.25) is 0 Å². The number of benzene rings is 1. The van der Waals surface area contributed by atoms with Crippen LogP contribution in [0, 0.1) is 0 Å². The highest BCUT2D eigenvalue weighted by atomic mass is 16.6. The Morgan fingerprint density at radius 1 is 1.26 bits per heavy atom. The lowest BCUT2D eigenvalue weighted by atomic mass is 10.1. The zero-order chi connectivity index (χ0) is 13.1. The summed E-state index contributed by atoms with van der Waals surface area (Å²) in [6.45, 7) is 1.48. The number of nitrogens with zero attached hydrogens (tertiary/aromatic N) is 2. The second kappa shape index (κ2) is 5.27. The lowest BCUT2D eigenvalue weighted by Crippen LogP contribution is -2.16. The summed E-state index contributed by atoms with van der Waals surface area (Å²) in [5.41, 5.74) is 0.977. The van der Waals surface area contributed by atoms with Crippen LogP contribution in [0.25, 0.3) is 0 Å². The number of fused-ring (bicyclic) bond motifs is 1. The maximum absolute atomic E-state index is 5.64. The molecule has 0 radical (unpaired) electrons. The predicted molar refractivity (Wildman–Crippen MR) is 65.2 cm³/mol. The van der Waals surface area contributed by atoms with E-state index in [4.69, 9.17) is 18.7 Å². The average Bonchev–Trinajstić information content (AvgIpc) is 2.87. The Morgan fingerprint density at radius 2 is 2.16 bits per heavy atom. The quantitative estimate of drug-likeness (QED) is 0.833. The summed E-state index contributed by atoms with van der Waals surface area (Å²) in [4.78, 5) is 4.25. The largest absolute Gasteiger partial charge is 0.486 e. The molecule has 3 rings (SSSR count). The van der Waals surface area contributed by atoms with Crippen molar-refractivity contribution in [3.05, 3.63) is 35.5 Å². The monoisotopic (exact) mass is 262 g/mol. The Kier molecular flexibility index (Phi) is 3.33. The molecule has 1 aromatic heterocycles. The fourth-order valence-corrected chi connectivity index (χ4v) is 1.99. The van der Waals surface area contributed by atoms with Gasteiger partial charge in [0, 0.05) is 12.7 Å². The molecular weight excluding hydrogens is 248 g/mol. The minimum absolute atomic E-state index is 0.343. The molecule has 0 aliphatic carbocycles. The van der Waals surface area contributed by atoms with Crippen LogP contribution in [-0.4, -0.2) is 30.5 Å². The molecular formula is C13H14N2O4. The first-order chi connectivity index (χ1) is 9.36. The van der Waals surface area contributed by atoms with Crippen molar-refractivity contribution in [1.82, 2.24) is 10.1 Å². The van der Waals surface area contributed by atoms with Gasteiger partial charge in [-0.25, -0.2) is 0 Å². The van der Waals surface area contributed by atoms with Crippen LogP contribution in [-0.2, 0) is 17.8 Å². The summed E-state index contributed by atoms with van der Waals surface area (Å²) in [6.07, 6.45) is 0.517. The van der Waals surface area contributed by atoms with Crippen molar-refractivity contribution < 1.29 is 18.7 Å². The predicted octanol–water partition coefficient (Wildman–Crippen LogP) is 1.58. The average molecular weight is 262 g/mol. The molecule has 1 aliphatic heterocycles. The van der Waals surface area contributed by atoms with E-state index in [1.807, 2.05) is 18.2 Å². The summed E-state index contributed by atoms with van der Waals surface area (Å²) >= 11 is 0. The minimum Gasteiger partial charge on any atom is -0.486 e. The molecule has 0 N–H and O–H groups in total. The molecule has 6 heteroatoms. The fraction of sp³-hybridized carbons (Fsp3) is 0.385. The lowest BCUT2D eigenvalue weighted by Gasteiger charge is -2.20. The highest BCUT2D eigenvalue weighted by molar-refractivity contribution is 5.48. The van der Waals surface area contributed by atoms with Crippen LogP contribution in [0.4, 0.5) is 0 Å². The van der Waals surface area contributed by atoms with E-state index in [1.54, 1.807) is 7.11 Å². The van der Waals surface area contributed by atoms with E-state index in [1.165, 1.54) is 0 Å². The number of hydrogen-bond acceptors (Lipinski definition) is 6. The first kappa shape index (κ1) is 12.0. The van der Waals surface area contributed by atoms with E-state index in [0.29, 0.717) is 38.0 Å². The molecule has 0 amide bonds. The van der Waals surface area contributed by atoms with Gasteiger partial charge in [0.25, 0.3) is 0 Å². The number of aromatic nitrogens is 2. The van der Waals surface area contributed by atoms with Crippen LogP contribution >= 0.6 is 0 Å². The maximum atomic E-state index is 5.64. The normalized spacial score (nSPS) is 13.5. The van der Waals surface area contributed by atoms with Gasteiger partial charge < -0.3 is 18.7 Å². The van der Waals surface area contributed by atoms with Gasteiger partial charge in [-0.15, -0.1) is 0 Å². The minimum atomic E-state index is 0.343. The smallest absolute Gasteiger partial charge is 0.231 e. The van der Waals surface area contributed by atoms with Gasteiger partial charge >= 0.3 is 0 Å². The molecule has 2 aromatic rings. The fourth-order valence-electron chi connectivity index (χ4n) is 1.99. The second-order valence-corrected chi connectivity index (χ2v) is 4.16. The zero-order valence-electron chi connectivity index (χ0n) is 10.6. The third-order valence-corrected chi connectivity index (χ3v) is 2.77. The van der Waals surface area contributed by atoms with Crippen molar-refractivity contribution in [1.29, 1.82) is 0 Å². The Morgan fingerprint density at radius 3 is 3.05 bits per heavy atom. The van der Waals surface area contributed by atoms with Crippen LogP contribution < -0.4 is 9.47 Å². The number of para-hydroxylation sites is 1. The number of methoxy groups -OCH3 is 1. The van der Waals surface area contributed by atoms with Crippen molar-refractivity contribution in [2.45, 2.75) is 13.0 Å². The van der Waals surface area contributed by atoms with Gasteiger partial charge in [0.05, 0.1) is 6.42 Å². The van der Waals surface area contributed by atoms with Gasteiger partial charge in [0.1, 0.15) is 19.8 Å². The van der Waals surface area contributed by atoms with E-state index in [0.717, 1.165) is 17.1 Å². The summed E-state index contributed by atoms with van der Waals surface area (Å²) in [5, 5.41) is 3.83. The molecule has 0 fully saturated rings. The molecule has 1 aromatic carbocycles. The summed E-state index contributed by atoms with van der Waals surface area (Å²) in [6, 6.07) is 5.78. The van der Waals surface area contributed by atoms with Crippen molar-refractivity contribution in [3.8, 4) is 11.5 Å². The topological polar surface area (TPSA) is 66.6 Å². The molecule has 2 heterocycles. The molecule has 0 atom stereocenters. The highest BCUT2D eigenvalue weighted by Gasteiger charge is 2.17. The first-order valence-corrected chi connectivity index (χ1v) is 6.04. The highest BCUT2D eigenvalue weighted by Crippen LogP contribution is 2.34. The van der Waals surface area contributed by atoms with E-state index in [2.05, 4.69) is 10.1 Å². The molecule has 0 bridgehead atoms. The third kappa shape index (κ3) is 2.53. The molecule has 1 aliphatic rings. The SMILES string of the molecule is COCc1noc(Cc2cccc3c2OCCO3)n1. The summed E-state index contributed by atoms with van der Waals surface area (Å²) in [5.74, 6) is 2.61. The number of hydrogen-bond donors (Lipinski definition) is 0. The van der Waals surface area contributed by atoms with Crippen LogP contribution in [0.1, 0.15) is 17.3 Å².